The van der Waals surface area contributed by atoms with E-state index < -0.39 is 9.84 Å². The van der Waals surface area contributed by atoms with Crippen LogP contribution in [0.1, 0.15) is 35.5 Å². The maximum atomic E-state index is 11.2. The molecular formula is C10H18N2O2S2. The lowest BCUT2D eigenvalue weighted by Crippen LogP contribution is -2.17. The van der Waals surface area contributed by atoms with Gasteiger partial charge in [-0.15, -0.1) is 11.3 Å². The summed E-state index contributed by atoms with van der Waals surface area (Å²) in [4.78, 5) is 5.42. The van der Waals surface area contributed by atoms with Crippen LogP contribution in [0.2, 0.25) is 0 Å². The van der Waals surface area contributed by atoms with Gasteiger partial charge in [0.05, 0.1) is 5.69 Å². The number of aromatic nitrogens is 1. The third-order valence-electron chi connectivity index (χ3n) is 2.17. The van der Waals surface area contributed by atoms with Crippen molar-refractivity contribution in [2.24, 2.45) is 0 Å². The Balaban J connectivity index is 2.89. The molecule has 0 saturated carbocycles. The van der Waals surface area contributed by atoms with Gasteiger partial charge < -0.3 is 5.32 Å². The summed E-state index contributed by atoms with van der Waals surface area (Å²) < 4.78 is 22.3. The molecule has 0 aliphatic heterocycles. The minimum absolute atomic E-state index is 0.0390. The van der Waals surface area contributed by atoms with Crippen LogP contribution in [0.5, 0.6) is 0 Å². The predicted molar refractivity (Wildman–Crippen MR) is 67.5 cm³/mol. The Morgan fingerprint density at radius 3 is 2.62 bits per heavy atom. The van der Waals surface area contributed by atoms with Crippen LogP contribution in [0, 0.1) is 6.92 Å². The topological polar surface area (TPSA) is 59.1 Å². The first kappa shape index (κ1) is 13.6. The van der Waals surface area contributed by atoms with E-state index in [4.69, 9.17) is 0 Å². The van der Waals surface area contributed by atoms with E-state index in [2.05, 4.69) is 17.2 Å². The molecule has 1 unspecified atom stereocenters. The van der Waals surface area contributed by atoms with Gasteiger partial charge >= 0.3 is 0 Å². The molecule has 92 valence electrons. The molecule has 0 radical (unpaired) electrons. The molecule has 1 aromatic rings. The molecule has 0 aliphatic carbocycles. The maximum absolute atomic E-state index is 11.2. The largest absolute Gasteiger partial charge is 0.310 e. The molecule has 1 aromatic heterocycles. The molecule has 0 spiro atoms. The molecule has 0 amide bonds. The minimum atomic E-state index is -2.99. The number of nitrogens with one attached hydrogen (secondary N) is 1. The van der Waals surface area contributed by atoms with Crippen molar-refractivity contribution in [2.75, 3.05) is 12.8 Å². The smallest absolute Gasteiger partial charge is 0.153 e. The number of sulfone groups is 1. The summed E-state index contributed by atoms with van der Waals surface area (Å²) in [5.41, 5.74) is 0.928. The van der Waals surface area contributed by atoms with Gasteiger partial charge in [-0.3, -0.25) is 0 Å². The van der Waals surface area contributed by atoms with Crippen molar-refractivity contribution in [1.29, 1.82) is 0 Å². The van der Waals surface area contributed by atoms with Crippen LogP contribution in [0.25, 0.3) is 0 Å². The summed E-state index contributed by atoms with van der Waals surface area (Å²) in [5.74, 6) is 0.0390. The van der Waals surface area contributed by atoms with Crippen LogP contribution in [0.15, 0.2) is 0 Å². The average Bonchev–Trinajstić information content (AvgIpc) is 2.44. The monoisotopic (exact) mass is 262 g/mol. The second-order valence-corrected chi connectivity index (χ2v) is 7.16. The molecule has 16 heavy (non-hydrogen) atoms. The zero-order valence-corrected chi connectivity index (χ0v) is 11.7. The van der Waals surface area contributed by atoms with Crippen LogP contribution in [-0.2, 0) is 15.6 Å². The molecule has 0 aliphatic rings. The molecule has 0 aromatic carbocycles. The fourth-order valence-corrected chi connectivity index (χ4v) is 3.83. The lowest BCUT2D eigenvalue weighted by atomic mass is 10.2. The molecule has 4 nitrogen and oxygen atoms in total. The van der Waals surface area contributed by atoms with Crippen molar-refractivity contribution in [2.45, 2.75) is 32.6 Å². The van der Waals surface area contributed by atoms with Crippen molar-refractivity contribution < 1.29 is 8.42 Å². The van der Waals surface area contributed by atoms with Crippen LogP contribution < -0.4 is 5.32 Å². The van der Waals surface area contributed by atoms with Gasteiger partial charge in [-0.2, -0.15) is 0 Å². The van der Waals surface area contributed by atoms with Crippen molar-refractivity contribution in [3.63, 3.8) is 0 Å². The fourth-order valence-electron chi connectivity index (χ4n) is 1.55. The standard InChI is InChI=1S/C10H18N2O2S2/c1-5-11-7(2)10-8(3)12-9(15-10)6-16(4,13)14/h7,11H,5-6H2,1-4H3. The second kappa shape index (κ2) is 5.25. The first-order valence-electron chi connectivity index (χ1n) is 5.20. The molecular weight excluding hydrogens is 244 g/mol. The van der Waals surface area contributed by atoms with Gasteiger partial charge in [0.25, 0.3) is 0 Å². The highest BCUT2D eigenvalue weighted by atomic mass is 32.2. The van der Waals surface area contributed by atoms with Crippen LogP contribution in [0.4, 0.5) is 0 Å². The van der Waals surface area contributed by atoms with Crippen LogP contribution >= 0.6 is 11.3 Å². The highest BCUT2D eigenvalue weighted by molar-refractivity contribution is 7.90. The summed E-state index contributed by atoms with van der Waals surface area (Å²) in [7, 11) is -2.99. The molecule has 1 N–H and O–H groups in total. The zero-order valence-electron chi connectivity index (χ0n) is 10.1. The van der Waals surface area contributed by atoms with Gasteiger partial charge in [-0.05, 0) is 20.4 Å². The van der Waals surface area contributed by atoms with E-state index in [0.717, 1.165) is 17.1 Å². The van der Waals surface area contributed by atoms with Crippen molar-refractivity contribution >= 4 is 21.2 Å². The van der Waals surface area contributed by atoms with E-state index in [1.165, 1.54) is 17.6 Å². The summed E-state index contributed by atoms with van der Waals surface area (Å²) >= 11 is 1.48. The first-order chi connectivity index (χ1) is 7.33. The van der Waals surface area contributed by atoms with E-state index in [-0.39, 0.29) is 11.8 Å². The Hall–Kier alpha value is -0.460. The summed E-state index contributed by atoms with van der Waals surface area (Å²) in [6.45, 7) is 6.92. The Bertz CT molecular complexity index is 451. The van der Waals surface area contributed by atoms with E-state index in [9.17, 15) is 8.42 Å². The number of hydrogen-bond acceptors (Lipinski definition) is 5. The van der Waals surface area contributed by atoms with Crippen LogP contribution in [-0.4, -0.2) is 26.2 Å². The normalized spacial score (nSPS) is 14.0. The van der Waals surface area contributed by atoms with Crippen LogP contribution in [0.3, 0.4) is 0 Å². The molecule has 0 bridgehead atoms. The van der Waals surface area contributed by atoms with Gasteiger partial charge in [-0.1, -0.05) is 6.92 Å². The van der Waals surface area contributed by atoms with E-state index in [0.29, 0.717) is 5.01 Å². The van der Waals surface area contributed by atoms with Gasteiger partial charge in [-0.25, -0.2) is 13.4 Å². The van der Waals surface area contributed by atoms with Crippen molar-refractivity contribution in [1.82, 2.24) is 10.3 Å². The number of thiazole rings is 1. The average molecular weight is 262 g/mol. The summed E-state index contributed by atoms with van der Waals surface area (Å²) in [6.07, 6.45) is 1.23. The summed E-state index contributed by atoms with van der Waals surface area (Å²) in [5, 5.41) is 3.98. The quantitative estimate of drug-likeness (QED) is 0.877. The molecule has 1 atom stereocenters. The van der Waals surface area contributed by atoms with Gasteiger partial charge in [0, 0.05) is 17.2 Å². The zero-order chi connectivity index (χ0) is 12.3. The lowest BCUT2D eigenvalue weighted by molar-refractivity contribution is 0.601. The third-order valence-corrected chi connectivity index (χ3v) is 4.49. The molecule has 6 heteroatoms. The Morgan fingerprint density at radius 1 is 1.50 bits per heavy atom. The lowest BCUT2D eigenvalue weighted by Gasteiger charge is -2.09. The predicted octanol–water partition coefficient (Wildman–Crippen LogP) is 1.67. The van der Waals surface area contributed by atoms with Gasteiger partial charge in [0.1, 0.15) is 10.8 Å². The molecule has 0 fully saturated rings. The Labute approximate surface area is 101 Å². The number of hydrogen-bond donors (Lipinski definition) is 1. The minimum Gasteiger partial charge on any atom is -0.310 e. The summed E-state index contributed by atoms with van der Waals surface area (Å²) in [6, 6.07) is 0.232. The van der Waals surface area contributed by atoms with Crippen molar-refractivity contribution in [3.05, 3.63) is 15.6 Å². The molecule has 1 heterocycles. The van der Waals surface area contributed by atoms with E-state index in [1.807, 2.05) is 13.8 Å². The Kier molecular flexibility index (Phi) is 4.46. The third kappa shape index (κ3) is 3.84. The maximum Gasteiger partial charge on any atom is 0.153 e. The fraction of sp³-hybridized carbons (Fsp3) is 0.700. The molecule has 1 rings (SSSR count). The number of nitrogens with zero attached hydrogens (tertiary/aromatic N) is 1. The van der Waals surface area contributed by atoms with E-state index >= 15 is 0 Å². The number of aryl methyl sites for hydroxylation is 1. The van der Waals surface area contributed by atoms with Gasteiger partial charge in [0.2, 0.25) is 0 Å². The van der Waals surface area contributed by atoms with E-state index in [1.54, 1.807) is 0 Å². The second-order valence-electron chi connectivity index (χ2n) is 3.91. The molecule has 0 saturated heterocycles. The highest BCUT2D eigenvalue weighted by Gasteiger charge is 2.15. The highest BCUT2D eigenvalue weighted by Crippen LogP contribution is 2.25. The SMILES string of the molecule is CCNC(C)c1sc(CS(C)(=O)=O)nc1C. The first-order valence-corrected chi connectivity index (χ1v) is 8.08. The van der Waals surface area contributed by atoms with Crippen molar-refractivity contribution in [3.8, 4) is 0 Å². The number of rotatable bonds is 5. The van der Waals surface area contributed by atoms with Gasteiger partial charge in [0.15, 0.2) is 9.84 Å². The Morgan fingerprint density at radius 2 is 2.12 bits per heavy atom.